The van der Waals surface area contributed by atoms with E-state index in [0.29, 0.717) is 29.2 Å². The lowest BCUT2D eigenvalue weighted by Crippen LogP contribution is -2.06. The summed E-state index contributed by atoms with van der Waals surface area (Å²) in [5.74, 6) is 2.28. The molecule has 0 amide bonds. The molecule has 0 saturated heterocycles. The quantitative estimate of drug-likeness (QED) is 0.610. The van der Waals surface area contributed by atoms with Crippen LogP contribution < -0.4 is 10.5 Å². The molecule has 4 aromatic rings. The van der Waals surface area contributed by atoms with Crippen molar-refractivity contribution in [2.24, 2.45) is 0 Å². The van der Waals surface area contributed by atoms with Crippen molar-refractivity contribution in [3.8, 4) is 17.2 Å². The number of furan rings is 1. The van der Waals surface area contributed by atoms with E-state index in [4.69, 9.17) is 14.9 Å². The highest BCUT2D eigenvalue weighted by atomic mass is 16.5. The molecule has 0 atom stereocenters. The van der Waals surface area contributed by atoms with Crippen LogP contribution in [0.1, 0.15) is 11.3 Å². The fourth-order valence-corrected chi connectivity index (χ4v) is 2.71. The van der Waals surface area contributed by atoms with Crippen LogP contribution in [0.4, 0.5) is 5.95 Å². The van der Waals surface area contributed by atoms with Crippen molar-refractivity contribution in [3.63, 3.8) is 0 Å². The molecule has 0 radical (unpaired) electrons. The van der Waals surface area contributed by atoms with Gasteiger partial charge in [0.25, 0.3) is 0 Å². The molecule has 0 unspecified atom stereocenters. The summed E-state index contributed by atoms with van der Waals surface area (Å²) < 4.78 is 12.7. The maximum absolute atomic E-state index is 5.89. The number of aryl methyl sites for hydroxylation is 1. The van der Waals surface area contributed by atoms with E-state index in [1.807, 2.05) is 43.3 Å². The van der Waals surface area contributed by atoms with Crippen molar-refractivity contribution in [3.05, 3.63) is 47.7 Å². The summed E-state index contributed by atoms with van der Waals surface area (Å²) in [5, 5.41) is 8.44. The number of rotatable bonds is 4. The first-order valence-corrected chi connectivity index (χ1v) is 7.71. The van der Waals surface area contributed by atoms with Gasteiger partial charge >= 0.3 is 0 Å². The zero-order valence-corrected chi connectivity index (χ0v) is 13.8. The summed E-state index contributed by atoms with van der Waals surface area (Å²) in [6, 6.07) is 11.4. The lowest BCUT2D eigenvalue weighted by atomic mass is 10.2. The summed E-state index contributed by atoms with van der Waals surface area (Å²) in [6.45, 7) is 2.32. The second kappa shape index (κ2) is 5.90. The van der Waals surface area contributed by atoms with Crippen LogP contribution in [0.5, 0.6) is 5.75 Å². The Balaban J connectivity index is 1.83. The first-order valence-electron chi connectivity index (χ1n) is 7.71. The fourth-order valence-electron chi connectivity index (χ4n) is 2.71. The number of hydrogen-bond donors (Lipinski definition) is 1. The van der Waals surface area contributed by atoms with Crippen molar-refractivity contribution in [2.45, 2.75) is 13.5 Å². The molecule has 3 heterocycles. The Morgan fingerprint density at radius 1 is 1.16 bits per heavy atom. The number of aromatic nitrogens is 5. The van der Waals surface area contributed by atoms with Gasteiger partial charge in [0.15, 0.2) is 16.9 Å². The number of ether oxygens (including phenoxy) is 1. The molecule has 0 fully saturated rings. The molecule has 25 heavy (non-hydrogen) atoms. The first kappa shape index (κ1) is 15.1. The lowest BCUT2D eigenvalue weighted by Gasteiger charge is -2.08. The van der Waals surface area contributed by atoms with Crippen LogP contribution in [0.3, 0.4) is 0 Å². The van der Waals surface area contributed by atoms with Crippen molar-refractivity contribution in [1.82, 2.24) is 25.0 Å². The second-order valence-electron chi connectivity index (χ2n) is 5.57. The van der Waals surface area contributed by atoms with Gasteiger partial charge in [-0.1, -0.05) is 23.4 Å². The van der Waals surface area contributed by atoms with Crippen LogP contribution in [-0.4, -0.2) is 32.1 Å². The normalized spacial score (nSPS) is 11.1. The SMILES string of the molecule is COc1ccccc1Cn1nnc2c(-c3ccc(C)o3)nc(N)nc21. The molecule has 3 aromatic heterocycles. The number of nitrogen functional groups attached to an aromatic ring is 1. The van der Waals surface area contributed by atoms with Gasteiger partial charge in [-0.15, -0.1) is 5.10 Å². The largest absolute Gasteiger partial charge is 0.496 e. The Bertz CT molecular complexity index is 1050. The van der Waals surface area contributed by atoms with Crippen LogP contribution in [0.25, 0.3) is 22.6 Å². The molecule has 8 heteroatoms. The number of benzene rings is 1. The third-order valence-electron chi connectivity index (χ3n) is 3.87. The van der Waals surface area contributed by atoms with Gasteiger partial charge in [-0.05, 0) is 25.1 Å². The molecule has 4 rings (SSSR count). The number of nitrogens with two attached hydrogens (primary N) is 1. The average Bonchev–Trinajstić information content (AvgIpc) is 3.21. The Morgan fingerprint density at radius 3 is 2.76 bits per heavy atom. The van der Waals surface area contributed by atoms with Crippen molar-refractivity contribution < 1.29 is 9.15 Å². The van der Waals surface area contributed by atoms with Gasteiger partial charge < -0.3 is 14.9 Å². The molecule has 0 aliphatic rings. The third-order valence-corrected chi connectivity index (χ3v) is 3.87. The fraction of sp³-hybridized carbons (Fsp3) is 0.176. The standard InChI is InChI=1S/C17H16N6O2/c1-10-7-8-13(25-10)14-15-16(20-17(18)19-14)23(22-21-15)9-11-5-3-4-6-12(11)24-2/h3-8H,9H2,1-2H3,(H2,18,19,20). The molecule has 1 aromatic carbocycles. The maximum atomic E-state index is 5.89. The number of hydrogen-bond acceptors (Lipinski definition) is 7. The zero-order chi connectivity index (χ0) is 17.4. The minimum absolute atomic E-state index is 0.139. The highest BCUT2D eigenvalue weighted by Crippen LogP contribution is 2.27. The van der Waals surface area contributed by atoms with Crippen LogP contribution >= 0.6 is 0 Å². The van der Waals surface area contributed by atoms with Gasteiger partial charge in [-0.3, -0.25) is 0 Å². The Labute approximate surface area is 143 Å². The molecule has 126 valence electrons. The molecule has 0 aliphatic heterocycles. The lowest BCUT2D eigenvalue weighted by molar-refractivity contribution is 0.407. The van der Waals surface area contributed by atoms with Gasteiger partial charge in [0.1, 0.15) is 17.2 Å². The minimum Gasteiger partial charge on any atom is -0.496 e. The molecule has 0 aliphatic carbocycles. The summed E-state index contributed by atoms with van der Waals surface area (Å²) in [7, 11) is 1.63. The predicted molar refractivity (Wildman–Crippen MR) is 92.1 cm³/mol. The van der Waals surface area contributed by atoms with E-state index in [0.717, 1.165) is 17.1 Å². The number of methoxy groups -OCH3 is 1. The molecular weight excluding hydrogens is 320 g/mol. The van der Waals surface area contributed by atoms with E-state index < -0.39 is 0 Å². The summed E-state index contributed by atoms with van der Waals surface area (Å²) >= 11 is 0. The van der Waals surface area contributed by atoms with E-state index in [-0.39, 0.29) is 5.95 Å². The topological polar surface area (TPSA) is 105 Å². The Kier molecular flexibility index (Phi) is 3.57. The van der Waals surface area contributed by atoms with Gasteiger partial charge in [0.05, 0.1) is 13.7 Å². The molecular formula is C17H16N6O2. The van der Waals surface area contributed by atoms with Gasteiger partial charge in [-0.2, -0.15) is 4.98 Å². The monoisotopic (exact) mass is 336 g/mol. The average molecular weight is 336 g/mol. The predicted octanol–water partition coefficient (Wildman–Crippen LogP) is 2.43. The summed E-state index contributed by atoms with van der Waals surface area (Å²) in [4.78, 5) is 8.57. The number of nitrogens with zero attached hydrogens (tertiary/aromatic N) is 5. The van der Waals surface area contributed by atoms with E-state index in [2.05, 4.69) is 20.3 Å². The first-order chi connectivity index (χ1) is 12.2. The third kappa shape index (κ3) is 2.67. The Morgan fingerprint density at radius 2 is 2.00 bits per heavy atom. The molecule has 0 spiro atoms. The molecule has 0 saturated carbocycles. The second-order valence-corrected chi connectivity index (χ2v) is 5.57. The number of para-hydroxylation sites is 1. The smallest absolute Gasteiger partial charge is 0.222 e. The molecule has 8 nitrogen and oxygen atoms in total. The number of anilines is 1. The molecule has 2 N–H and O–H groups in total. The zero-order valence-electron chi connectivity index (χ0n) is 13.8. The number of fused-ring (bicyclic) bond motifs is 1. The van der Waals surface area contributed by atoms with Gasteiger partial charge in [-0.25, -0.2) is 9.67 Å². The van der Waals surface area contributed by atoms with Crippen LogP contribution in [0.15, 0.2) is 40.8 Å². The highest BCUT2D eigenvalue weighted by molar-refractivity contribution is 5.86. The summed E-state index contributed by atoms with van der Waals surface area (Å²) in [6.07, 6.45) is 0. The van der Waals surface area contributed by atoms with E-state index in [1.54, 1.807) is 11.8 Å². The molecule has 0 bridgehead atoms. The van der Waals surface area contributed by atoms with E-state index in [9.17, 15) is 0 Å². The van der Waals surface area contributed by atoms with E-state index >= 15 is 0 Å². The highest BCUT2D eigenvalue weighted by Gasteiger charge is 2.18. The van der Waals surface area contributed by atoms with Crippen LogP contribution in [-0.2, 0) is 6.54 Å². The van der Waals surface area contributed by atoms with Crippen molar-refractivity contribution >= 4 is 17.1 Å². The van der Waals surface area contributed by atoms with Gasteiger partial charge in [0, 0.05) is 5.56 Å². The van der Waals surface area contributed by atoms with Crippen LogP contribution in [0.2, 0.25) is 0 Å². The minimum atomic E-state index is 0.139. The van der Waals surface area contributed by atoms with Crippen LogP contribution in [0, 0.1) is 6.92 Å². The summed E-state index contributed by atoms with van der Waals surface area (Å²) in [5.41, 5.74) is 8.46. The van der Waals surface area contributed by atoms with Crippen molar-refractivity contribution in [1.29, 1.82) is 0 Å². The van der Waals surface area contributed by atoms with Gasteiger partial charge in [0.2, 0.25) is 5.95 Å². The maximum Gasteiger partial charge on any atom is 0.222 e. The van der Waals surface area contributed by atoms with E-state index in [1.165, 1.54) is 0 Å². The Hall–Kier alpha value is -3.42. The van der Waals surface area contributed by atoms with Crippen molar-refractivity contribution in [2.75, 3.05) is 12.8 Å².